The lowest BCUT2D eigenvalue weighted by atomic mass is 9.84. The van der Waals surface area contributed by atoms with Crippen LogP contribution in [0.2, 0.25) is 0 Å². The maximum atomic E-state index is 2.84. The molecule has 1 saturated carbocycles. The molecule has 1 saturated heterocycles. The first-order valence-corrected chi connectivity index (χ1v) is 8.15. The quantitative estimate of drug-likeness (QED) is 0.736. The highest BCUT2D eigenvalue weighted by atomic mass is 15.2. The smallest absolute Gasteiger partial charge is 0.0353 e. The molecule has 2 fully saturated rings. The average Bonchev–Trinajstić information content (AvgIpc) is 2.49. The van der Waals surface area contributed by atoms with Gasteiger partial charge in [0.15, 0.2) is 0 Å². The van der Waals surface area contributed by atoms with E-state index in [1.807, 2.05) is 0 Å². The Morgan fingerprint density at radius 1 is 0.947 bits per heavy atom. The molecule has 1 heterocycles. The van der Waals surface area contributed by atoms with Gasteiger partial charge in [0.1, 0.15) is 0 Å². The van der Waals surface area contributed by atoms with Crippen LogP contribution in [0, 0.1) is 5.92 Å². The van der Waals surface area contributed by atoms with Crippen molar-refractivity contribution >= 4 is 0 Å². The van der Waals surface area contributed by atoms with Gasteiger partial charge in [0, 0.05) is 12.1 Å². The molecule has 1 aromatic rings. The maximum absolute atomic E-state index is 2.84. The van der Waals surface area contributed by atoms with Gasteiger partial charge in [-0.2, -0.15) is 0 Å². The zero-order chi connectivity index (χ0) is 13.1. The summed E-state index contributed by atoms with van der Waals surface area (Å²) in [5, 5.41) is 0. The van der Waals surface area contributed by atoms with Crippen LogP contribution in [0.1, 0.15) is 63.5 Å². The van der Waals surface area contributed by atoms with E-state index < -0.39 is 0 Å². The van der Waals surface area contributed by atoms with Crippen LogP contribution in [0.5, 0.6) is 0 Å². The Morgan fingerprint density at radius 2 is 1.68 bits per heavy atom. The topological polar surface area (TPSA) is 3.24 Å². The fraction of sp³-hybridized carbons (Fsp3) is 0.667. The molecule has 19 heavy (non-hydrogen) atoms. The van der Waals surface area contributed by atoms with Crippen LogP contribution >= 0.6 is 0 Å². The minimum atomic E-state index is 0.674. The van der Waals surface area contributed by atoms with Gasteiger partial charge in [-0.25, -0.2) is 0 Å². The highest BCUT2D eigenvalue weighted by Gasteiger charge is 2.32. The van der Waals surface area contributed by atoms with Crippen molar-refractivity contribution in [3.8, 4) is 0 Å². The first kappa shape index (κ1) is 13.2. The summed E-state index contributed by atoms with van der Waals surface area (Å²) >= 11 is 0. The number of piperidine rings is 1. The highest BCUT2D eigenvalue weighted by molar-refractivity contribution is 5.20. The Labute approximate surface area is 118 Å². The number of hydrogen-bond donors (Lipinski definition) is 0. The summed E-state index contributed by atoms with van der Waals surface area (Å²) in [6.07, 6.45) is 9.93. The van der Waals surface area contributed by atoms with Crippen molar-refractivity contribution in [3.05, 3.63) is 35.9 Å². The van der Waals surface area contributed by atoms with E-state index >= 15 is 0 Å². The molecule has 104 valence electrons. The summed E-state index contributed by atoms with van der Waals surface area (Å²) < 4.78 is 0. The van der Waals surface area contributed by atoms with Crippen LogP contribution in [-0.4, -0.2) is 17.5 Å². The lowest BCUT2D eigenvalue weighted by molar-refractivity contribution is 0.0528. The zero-order valence-corrected chi connectivity index (χ0v) is 12.2. The lowest BCUT2D eigenvalue weighted by Crippen LogP contribution is -2.44. The van der Waals surface area contributed by atoms with E-state index in [1.165, 1.54) is 51.5 Å². The van der Waals surface area contributed by atoms with Crippen molar-refractivity contribution in [1.82, 2.24) is 4.90 Å². The van der Waals surface area contributed by atoms with E-state index in [2.05, 4.69) is 42.2 Å². The van der Waals surface area contributed by atoms with Gasteiger partial charge in [0.05, 0.1) is 0 Å². The molecule has 1 aromatic carbocycles. The van der Waals surface area contributed by atoms with E-state index in [0.717, 1.165) is 12.0 Å². The fourth-order valence-corrected chi connectivity index (χ4v) is 4.01. The number of hydrogen-bond acceptors (Lipinski definition) is 1. The molecule has 3 rings (SSSR count). The number of nitrogens with zero attached hydrogens (tertiary/aromatic N) is 1. The number of likely N-dealkylation sites (tertiary alicyclic amines) is 1. The summed E-state index contributed by atoms with van der Waals surface area (Å²) in [5.74, 6) is 0.880. The summed E-state index contributed by atoms with van der Waals surface area (Å²) in [5.41, 5.74) is 1.54. The predicted octanol–water partition coefficient (Wildman–Crippen LogP) is 4.79. The van der Waals surface area contributed by atoms with Gasteiger partial charge >= 0.3 is 0 Å². The Morgan fingerprint density at radius 3 is 2.42 bits per heavy atom. The van der Waals surface area contributed by atoms with Gasteiger partial charge in [0.25, 0.3) is 0 Å². The Kier molecular flexibility index (Phi) is 4.22. The minimum absolute atomic E-state index is 0.674. The molecular weight excluding hydrogens is 230 g/mol. The van der Waals surface area contributed by atoms with Crippen LogP contribution in [0.15, 0.2) is 30.3 Å². The van der Waals surface area contributed by atoms with Crippen molar-refractivity contribution < 1.29 is 0 Å². The van der Waals surface area contributed by atoms with Gasteiger partial charge < -0.3 is 0 Å². The van der Waals surface area contributed by atoms with Crippen molar-refractivity contribution in [3.63, 3.8) is 0 Å². The molecular formula is C18H27N. The summed E-state index contributed by atoms with van der Waals surface area (Å²) in [7, 11) is 0. The van der Waals surface area contributed by atoms with Crippen molar-refractivity contribution in [2.45, 2.75) is 64.0 Å². The summed E-state index contributed by atoms with van der Waals surface area (Å²) in [6, 6.07) is 12.7. The van der Waals surface area contributed by atoms with Crippen LogP contribution in [0.3, 0.4) is 0 Å². The molecule has 1 heteroatoms. The second-order valence-corrected chi connectivity index (χ2v) is 6.59. The predicted molar refractivity (Wildman–Crippen MR) is 81.2 cm³/mol. The minimum Gasteiger partial charge on any atom is -0.293 e. The first-order valence-electron chi connectivity index (χ1n) is 8.15. The molecule has 0 radical (unpaired) electrons. The third-order valence-corrected chi connectivity index (χ3v) is 5.13. The maximum Gasteiger partial charge on any atom is 0.0353 e. The molecule has 0 amide bonds. The van der Waals surface area contributed by atoms with E-state index in [0.29, 0.717) is 6.04 Å². The van der Waals surface area contributed by atoms with Gasteiger partial charge in [-0.1, -0.05) is 56.5 Å². The Balaban J connectivity index is 1.79. The number of rotatable bonds is 2. The monoisotopic (exact) mass is 257 g/mol. The average molecular weight is 257 g/mol. The zero-order valence-electron chi connectivity index (χ0n) is 12.2. The normalized spacial score (nSPS) is 30.4. The third-order valence-electron chi connectivity index (χ3n) is 5.13. The third kappa shape index (κ3) is 3.02. The van der Waals surface area contributed by atoms with Crippen LogP contribution in [0.4, 0.5) is 0 Å². The molecule has 2 unspecified atom stereocenters. The van der Waals surface area contributed by atoms with E-state index in [4.69, 9.17) is 0 Å². The summed E-state index contributed by atoms with van der Waals surface area (Å²) in [6.45, 7) is 3.74. The molecule has 2 atom stereocenters. The lowest BCUT2D eigenvalue weighted by Gasteiger charge is -2.45. The van der Waals surface area contributed by atoms with Crippen LogP contribution in [0.25, 0.3) is 0 Å². The van der Waals surface area contributed by atoms with Gasteiger partial charge in [0.2, 0.25) is 0 Å². The van der Waals surface area contributed by atoms with Gasteiger partial charge in [-0.15, -0.1) is 0 Å². The van der Waals surface area contributed by atoms with Crippen molar-refractivity contribution in [2.75, 3.05) is 6.54 Å². The molecule has 1 aliphatic carbocycles. The standard InChI is InChI=1S/C18H27N/c1-15-12-13-19(17-10-6-3-7-11-17)18(14-15)16-8-4-2-5-9-16/h2,4-5,8-9,15,17-18H,3,6-7,10-14H2,1H3. The largest absolute Gasteiger partial charge is 0.293 e. The highest BCUT2D eigenvalue weighted by Crippen LogP contribution is 2.38. The van der Waals surface area contributed by atoms with Crippen LogP contribution < -0.4 is 0 Å². The number of benzene rings is 1. The molecule has 2 aliphatic rings. The van der Waals surface area contributed by atoms with E-state index in [1.54, 1.807) is 5.56 Å². The Bertz CT molecular complexity index is 380. The summed E-state index contributed by atoms with van der Waals surface area (Å²) in [4.78, 5) is 2.84. The molecule has 1 aliphatic heterocycles. The van der Waals surface area contributed by atoms with E-state index in [9.17, 15) is 0 Å². The SMILES string of the molecule is CC1CCN(C2CCCCC2)C(c2ccccc2)C1. The molecule has 0 N–H and O–H groups in total. The molecule has 1 nitrogen and oxygen atoms in total. The second-order valence-electron chi connectivity index (χ2n) is 6.59. The second kappa shape index (κ2) is 6.09. The Hall–Kier alpha value is -0.820. The fourth-order valence-electron chi connectivity index (χ4n) is 4.01. The van der Waals surface area contributed by atoms with Crippen LogP contribution in [-0.2, 0) is 0 Å². The molecule has 0 bridgehead atoms. The van der Waals surface area contributed by atoms with Gasteiger partial charge in [-0.3, -0.25) is 4.90 Å². The van der Waals surface area contributed by atoms with Crippen molar-refractivity contribution in [2.24, 2.45) is 5.92 Å². The molecule has 0 aromatic heterocycles. The van der Waals surface area contributed by atoms with Gasteiger partial charge in [-0.05, 0) is 43.7 Å². The molecule has 0 spiro atoms. The van der Waals surface area contributed by atoms with Crippen molar-refractivity contribution in [1.29, 1.82) is 0 Å². The van der Waals surface area contributed by atoms with E-state index in [-0.39, 0.29) is 0 Å². The first-order chi connectivity index (χ1) is 9.34.